The maximum absolute atomic E-state index is 12.2. The minimum absolute atomic E-state index is 0.0699. The lowest BCUT2D eigenvalue weighted by molar-refractivity contribution is -0.121. The molecule has 1 heterocycles. The van der Waals surface area contributed by atoms with Gasteiger partial charge in [0.15, 0.2) is 0 Å². The van der Waals surface area contributed by atoms with Crippen LogP contribution in [0.1, 0.15) is 29.0 Å². The molecule has 34 heavy (non-hydrogen) atoms. The van der Waals surface area contributed by atoms with Crippen molar-refractivity contribution >= 4 is 5.91 Å². The zero-order chi connectivity index (χ0) is 23.6. The van der Waals surface area contributed by atoms with E-state index in [1.807, 2.05) is 78.9 Å². The Hall–Kier alpha value is -3.97. The average molecular weight is 458 g/mol. The van der Waals surface area contributed by atoms with Crippen LogP contribution in [0, 0.1) is 0 Å². The predicted octanol–water partition coefficient (Wildman–Crippen LogP) is 4.71. The summed E-state index contributed by atoms with van der Waals surface area (Å²) >= 11 is 0. The molecule has 0 aliphatic carbocycles. The van der Waals surface area contributed by atoms with Crippen molar-refractivity contribution in [3.05, 3.63) is 101 Å². The monoisotopic (exact) mass is 457 g/mol. The van der Waals surface area contributed by atoms with Crippen LogP contribution in [-0.4, -0.2) is 23.2 Å². The van der Waals surface area contributed by atoms with Gasteiger partial charge in [-0.15, -0.1) is 0 Å². The molecule has 1 aromatic heterocycles. The molecule has 4 aromatic rings. The van der Waals surface area contributed by atoms with Gasteiger partial charge in [-0.25, -0.2) is 0 Å². The second-order valence-corrected chi connectivity index (χ2v) is 7.81. The maximum atomic E-state index is 12.2. The fourth-order valence-corrected chi connectivity index (χ4v) is 3.34. The van der Waals surface area contributed by atoms with E-state index >= 15 is 0 Å². The minimum Gasteiger partial charge on any atom is -0.497 e. The van der Waals surface area contributed by atoms with Gasteiger partial charge in [0.25, 0.3) is 0 Å². The van der Waals surface area contributed by atoms with Gasteiger partial charge in [0.05, 0.1) is 20.3 Å². The van der Waals surface area contributed by atoms with Crippen LogP contribution in [0.3, 0.4) is 0 Å². The second-order valence-electron chi connectivity index (χ2n) is 7.81. The summed E-state index contributed by atoms with van der Waals surface area (Å²) in [6.45, 7) is 1.59. The van der Waals surface area contributed by atoms with Crippen molar-refractivity contribution in [2.24, 2.45) is 0 Å². The van der Waals surface area contributed by atoms with Crippen molar-refractivity contribution in [3.8, 4) is 17.1 Å². The molecule has 174 valence electrons. The molecular weight excluding hydrogens is 430 g/mol. The Balaban J connectivity index is 1.17. The molecule has 1 N–H and O–H groups in total. The molecule has 3 aromatic carbocycles. The number of methoxy groups -OCH3 is 1. The molecule has 0 bridgehead atoms. The van der Waals surface area contributed by atoms with E-state index in [1.54, 1.807) is 7.11 Å². The highest BCUT2D eigenvalue weighted by atomic mass is 16.5. The van der Waals surface area contributed by atoms with Crippen LogP contribution in [0.5, 0.6) is 5.75 Å². The number of ether oxygens (including phenoxy) is 2. The number of aromatic nitrogens is 2. The van der Waals surface area contributed by atoms with E-state index in [-0.39, 0.29) is 12.3 Å². The van der Waals surface area contributed by atoms with Crippen molar-refractivity contribution < 1.29 is 18.8 Å². The Bertz CT molecular complexity index is 1170. The number of nitrogens with zero attached hydrogens (tertiary/aromatic N) is 2. The standard InChI is InChI=1S/C27H27N3O4/c1-32-24-13-11-23(12-14-24)27-29-26(34-30-27)16-15-25(31)28-17-20-7-9-22(10-8-20)19-33-18-21-5-3-2-4-6-21/h2-14H,15-19H2,1H3,(H,28,31). The average Bonchev–Trinajstić information content (AvgIpc) is 3.37. The van der Waals surface area contributed by atoms with Crippen molar-refractivity contribution in [2.75, 3.05) is 7.11 Å². The van der Waals surface area contributed by atoms with Gasteiger partial charge in [-0.1, -0.05) is 59.8 Å². The number of hydrogen-bond acceptors (Lipinski definition) is 6. The summed E-state index contributed by atoms with van der Waals surface area (Å²) in [6.07, 6.45) is 0.655. The first-order chi connectivity index (χ1) is 16.7. The van der Waals surface area contributed by atoms with Crippen LogP contribution < -0.4 is 10.1 Å². The first kappa shape index (κ1) is 23.2. The molecule has 0 saturated carbocycles. The number of carbonyl (C=O) groups is 1. The number of carbonyl (C=O) groups excluding carboxylic acids is 1. The maximum Gasteiger partial charge on any atom is 0.227 e. The fourth-order valence-electron chi connectivity index (χ4n) is 3.34. The Morgan fingerprint density at radius 2 is 1.56 bits per heavy atom. The van der Waals surface area contributed by atoms with Crippen molar-refractivity contribution in [2.45, 2.75) is 32.6 Å². The summed E-state index contributed by atoms with van der Waals surface area (Å²) in [5.74, 6) is 1.61. The summed E-state index contributed by atoms with van der Waals surface area (Å²) in [4.78, 5) is 16.6. The van der Waals surface area contributed by atoms with Gasteiger partial charge in [-0.3, -0.25) is 4.79 Å². The quantitative estimate of drug-likeness (QED) is 0.351. The van der Waals surface area contributed by atoms with Crippen molar-refractivity contribution in [1.29, 1.82) is 0 Å². The Morgan fingerprint density at radius 3 is 2.26 bits per heavy atom. The smallest absolute Gasteiger partial charge is 0.227 e. The Morgan fingerprint density at radius 1 is 0.882 bits per heavy atom. The van der Waals surface area contributed by atoms with Crippen molar-refractivity contribution in [1.82, 2.24) is 15.5 Å². The molecule has 0 spiro atoms. The normalized spacial score (nSPS) is 10.7. The molecule has 1 amide bonds. The molecule has 0 fully saturated rings. The molecule has 0 aliphatic rings. The number of nitrogens with one attached hydrogen (secondary N) is 1. The third-order valence-electron chi connectivity index (χ3n) is 5.28. The lowest BCUT2D eigenvalue weighted by Gasteiger charge is -2.07. The molecule has 0 saturated heterocycles. The van der Waals surface area contributed by atoms with Gasteiger partial charge in [0.1, 0.15) is 5.75 Å². The van der Waals surface area contributed by atoms with Crippen LogP contribution in [0.2, 0.25) is 0 Å². The van der Waals surface area contributed by atoms with Gasteiger partial charge < -0.3 is 19.3 Å². The third kappa shape index (κ3) is 6.76. The minimum atomic E-state index is -0.0699. The van der Waals surface area contributed by atoms with E-state index < -0.39 is 0 Å². The van der Waals surface area contributed by atoms with E-state index in [0.717, 1.165) is 28.0 Å². The van der Waals surface area contributed by atoms with Gasteiger partial charge in [0.2, 0.25) is 17.6 Å². The lowest BCUT2D eigenvalue weighted by atomic mass is 10.1. The number of rotatable bonds is 11. The molecule has 7 heteroatoms. The second kappa shape index (κ2) is 11.8. The molecule has 7 nitrogen and oxygen atoms in total. The predicted molar refractivity (Wildman–Crippen MR) is 128 cm³/mol. The van der Waals surface area contributed by atoms with Crippen molar-refractivity contribution in [3.63, 3.8) is 0 Å². The van der Waals surface area contributed by atoms with E-state index in [2.05, 4.69) is 15.5 Å². The molecule has 0 radical (unpaired) electrons. The highest BCUT2D eigenvalue weighted by Gasteiger charge is 2.11. The van der Waals surface area contributed by atoms with E-state index in [4.69, 9.17) is 14.0 Å². The summed E-state index contributed by atoms with van der Waals surface area (Å²) in [5, 5.41) is 6.92. The Kier molecular flexibility index (Phi) is 8.03. The highest BCUT2D eigenvalue weighted by Crippen LogP contribution is 2.20. The number of amides is 1. The summed E-state index contributed by atoms with van der Waals surface area (Å²) in [6, 6.07) is 25.5. The number of hydrogen-bond donors (Lipinski definition) is 1. The van der Waals surface area contributed by atoms with Gasteiger partial charge >= 0.3 is 0 Å². The molecule has 0 unspecified atom stereocenters. The molecular formula is C27H27N3O4. The van der Waals surface area contributed by atoms with Crippen LogP contribution in [-0.2, 0) is 35.7 Å². The topological polar surface area (TPSA) is 86.5 Å². The molecule has 0 aliphatic heterocycles. The summed E-state index contributed by atoms with van der Waals surface area (Å²) in [7, 11) is 1.62. The number of benzene rings is 3. The van der Waals surface area contributed by atoms with Gasteiger partial charge in [0, 0.05) is 24.9 Å². The zero-order valence-corrected chi connectivity index (χ0v) is 19.1. The van der Waals surface area contributed by atoms with Gasteiger partial charge in [-0.05, 0) is 41.0 Å². The zero-order valence-electron chi connectivity index (χ0n) is 19.1. The fraction of sp³-hybridized carbons (Fsp3) is 0.222. The summed E-state index contributed by atoms with van der Waals surface area (Å²) < 4.78 is 16.2. The highest BCUT2D eigenvalue weighted by molar-refractivity contribution is 5.76. The van der Waals surface area contributed by atoms with Crippen LogP contribution in [0.25, 0.3) is 11.4 Å². The first-order valence-corrected chi connectivity index (χ1v) is 11.1. The molecule has 4 rings (SSSR count). The first-order valence-electron chi connectivity index (χ1n) is 11.1. The Labute approximate surface area is 198 Å². The van der Waals surface area contributed by atoms with Crippen LogP contribution in [0.15, 0.2) is 83.4 Å². The third-order valence-corrected chi connectivity index (χ3v) is 5.28. The SMILES string of the molecule is COc1ccc(-c2noc(CCC(=O)NCc3ccc(COCc4ccccc4)cc3)n2)cc1. The van der Waals surface area contributed by atoms with E-state index in [1.165, 1.54) is 0 Å². The van der Waals surface area contributed by atoms with E-state index in [9.17, 15) is 4.79 Å². The van der Waals surface area contributed by atoms with E-state index in [0.29, 0.717) is 37.9 Å². The number of aryl methyl sites for hydroxylation is 1. The summed E-state index contributed by atoms with van der Waals surface area (Å²) in [5.41, 5.74) is 4.10. The lowest BCUT2D eigenvalue weighted by Crippen LogP contribution is -2.23. The largest absolute Gasteiger partial charge is 0.497 e. The molecule has 0 atom stereocenters. The van der Waals surface area contributed by atoms with Crippen LogP contribution in [0.4, 0.5) is 0 Å². The van der Waals surface area contributed by atoms with Crippen LogP contribution >= 0.6 is 0 Å². The van der Waals surface area contributed by atoms with Gasteiger partial charge in [-0.2, -0.15) is 4.98 Å².